The summed E-state index contributed by atoms with van der Waals surface area (Å²) in [5.41, 5.74) is 0.283. The van der Waals surface area contributed by atoms with Gasteiger partial charge in [0, 0.05) is 17.3 Å². The van der Waals surface area contributed by atoms with Gasteiger partial charge in [-0.05, 0) is 23.8 Å². The third kappa shape index (κ3) is 3.45. The van der Waals surface area contributed by atoms with E-state index in [0.717, 1.165) is 17.7 Å². The molecule has 0 fully saturated rings. The van der Waals surface area contributed by atoms with Crippen molar-refractivity contribution in [1.82, 2.24) is 10.2 Å². The SMILES string of the molecule is O=c1cc(-c2ccccc2)c(Nc2cccc(C(F)(F)F)c2)n[nH]1. The van der Waals surface area contributed by atoms with Gasteiger partial charge in [0.1, 0.15) is 0 Å². The van der Waals surface area contributed by atoms with E-state index in [0.29, 0.717) is 5.56 Å². The van der Waals surface area contributed by atoms with Crippen molar-refractivity contribution in [1.29, 1.82) is 0 Å². The van der Waals surface area contributed by atoms with Gasteiger partial charge < -0.3 is 5.32 Å². The van der Waals surface area contributed by atoms with Crippen LogP contribution in [0.1, 0.15) is 5.56 Å². The minimum atomic E-state index is -4.43. The molecule has 0 atom stereocenters. The molecule has 0 aliphatic carbocycles. The lowest BCUT2D eigenvalue weighted by atomic mass is 10.1. The van der Waals surface area contributed by atoms with Crippen LogP contribution >= 0.6 is 0 Å². The zero-order valence-corrected chi connectivity index (χ0v) is 12.3. The fourth-order valence-electron chi connectivity index (χ4n) is 2.25. The second-order valence-electron chi connectivity index (χ2n) is 5.06. The highest BCUT2D eigenvalue weighted by Gasteiger charge is 2.30. The highest BCUT2D eigenvalue weighted by molar-refractivity contribution is 5.77. The molecule has 3 rings (SSSR count). The largest absolute Gasteiger partial charge is 0.416 e. The second kappa shape index (κ2) is 6.19. The molecule has 0 amide bonds. The zero-order chi connectivity index (χ0) is 17.2. The maximum Gasteiger partial charge on any atom is 0.416 e. The Labute approximate surface area is 135 Å². The molecular weight excluding hydrogens is 319 g/mol. The number of nitrogens with zero attached hydrogens (tertiary/aromatic N) is 1. The van der Waals surface area contributed by atoms with Gasteiger partial charge in [-0.1, -0.05) is 36.4 Å². The van der Waals surface area contributed by atoms with Gasteiger partial charge in [0.05, 0.1) is 5.56 Å². The lowest BCUT2D eigenvalue weighted by molar-refractivity contribution is -0.137. The Kier molecular flexibility index (Phi) is 4.07. The topological polar surface area (TPSA) is 57.8 Å². The molecule has 1 aromatic heterocycles. The summed E-state index contributed by atoms with van der Waals surface area (Å²) in [6, 6.07) is 15.1. The van der Waals surface area contributed by atoms with E-state index < -0.39 is 17.3 Å². The van der Waals surface area contributed by atoms with E-state index in [4.69, 9.17) is 0 Å². The number of aromatic amines is 1. The van der Waals surface area contributed by atoms with Crippen LogP contribution in [0.2, 0.25) is 0 Å². The maximum absolute atomic E-state index is 12.8. The number of rotatable bonds is 3. The minimum Gasteiger partial charge on any atom is -0.338 e. The predicted molar refractivity (Wildman–Crippen MR) is 85.0 cm³/mol. The molecule has 0 aliphatic rings. The Hall–Kier alpha value is -3.09. The van der Waals surface area contributed by atoms with Crippen LogP contribution in [0, 0.1) is 0 Å². The van der Waals surface area contributed by atoms with Gasteiger partial charge in [-0.3, -0.25) is 4.79 Å². The average molecular weight is 331 g/mol. The lowest BCUT2D eigenvalue weighted by Gasteiger charge is -2.12. The molecule has 24 heavy (non-hydrogen) atoms. The number of nitrogens with one attached hydrogen (secondary N) is 2. The van der Waals surface area contributed by atoms with Crippen molar-refractivity contribution in [3.63, 3.8) is 0 Å². The molecule has 0 aliphatic heterocycles. The molecule has 0 saturated carbocycles. The summed E-state index contributed by atoms with van der Waals surface area (Å²) in [6.07, 6.45) is -4.43. The van der Waals surface area contributed by atoms with Crippen LogP contribution < -0.4 is 10.9 Å². The van der Waals surface area contributed by atoms with Gasteiger partial charge >= 0.3 is 6.18 Å². The van der Waals surface area contributed by atoms with Crippen LogP contribution in [-0.4, -0.2) is 10.2 Å². The van der Waals surface area contributed by atoms with Crippen LogP contribution in [0.25, 0.3) is 11.1 Å². The first-order chi connectivity index (χ1) is 11.4. The summed E-state index contributed by atoms with van der Waals surface area (Å²) in [7, 11) is 0. The van der Waals surface area contributed by atoms with Crippen molar-refractivity contribution in [2.24, 2.45) is 0 Å². The molecule has 3 aromatic rings. The van der Waals surface area contributed by atoms with E-state index in [1.54, 1.807) is 24.3 Å². The molecule has 0 unspecified atom stereocenters. The Morgan fingerprint density at radius 3 is 2.42 bits per heavy atom. The molecule has 0 saturated heterocycles. The third-order valence-corrected chi connectivity index (χ3v) is 3.35. The predicted octanol–water partition coefficient (Wildman–Crippen LogP) is 4.20. The first-order valence-corrected chi connectivity index (χ1v) is 7.03. The molecule has 2 N–H and O–H groups in total. The lowest BCUT2D eigenvalue weighted by Crippen LogP contribution is -2.10. The van der Waals surface area contributed by atoms with Gasteiger partial charge in [0.25, 0.3) is 5.56 Å². The number of hydrogen-bond donors (Lipinski definition) is 2. The molecule has 4 nitrogen and oxygen atoms in total. The number of alkyl halides is 3. The molecule has 7 heteroatoms. The zero-order valence-electron chi connectivity index (χ0n) is 12.3. The summed E-state index contributed by atoms with van der Waals surface area (Å²) in [6.45, 7) is 0. The van der Waals surface area contributed by atoms with Gasteiger partial charge in [-0.2, -0.15) is 18.3 Å². The summed E-state index contributed by atoms with van der Waals surface area (Å²) in [5, 5.41) is 9.03. The molecule has 1 heterocycles. The van der Waals surface area contributed by atoms with Crippen molar-refractivity contribution < 1.29 is 13.2 Å². The van der Waals surface area contributed by atoms with Crippen molar-refractivity contribution in [2.45, 2.75) is 6.18 Å². The van der Waals surface area contributed by atoms with Crippen LogP contribution in [0.4, 0.5) is 24.7 Å². The van der Waals surface area contributed by atoms with E-state index in [9.17, 15) is 18.0 Å². The fourth-order valence-corrected chi connectivity index (χ4v) is 2.25. The first kappa shape index (κ1) is 15.8. The minimum absolute atomic E-state index is 0.224. The normalized spacial score (nSPS) is 11.3. The highest BCUT2D eigenvalue weighted by atomic mass is 19.4. The van der Waals surface area contributed by atoms with Crippen molar-refractivity contribution in [2.75, 3.05) is 5.32 Å². The molecular formula is C17H12F3N3O. The van der Waals surface area contributed by atoms with Crippen molar-refractivity contribution in [3.05, 3.63) is 76.6 Å². The second-order valence-corrected chi connectivity index (χ2v) is 5.06. The van der Waals surface area contributed by atoms with Crippen molar-refractivity contribution in [3.8, 4) is 11.1 Å². The van der Waals surface area contributed by atoms with E-state index in [1.807, 2.05) is 6.07 Å². The number of halogens is 3. The van der Waals surface area contributed by atoms with Gasteiger partial charge in [-0.25, -0.2) is 5.10 Å². The Balaban J connectivity index is 2.01. The smallest absolute Gasteiger partial charge is 0.338 e. The van der Waals surface area contributed by atoms with Crippen LogP contribution in [0.3, 0.4) is 0 Å². The van der Waals surface area contributed by atoms with E-state index in [1.165, 1.54) is 18.2 Å². The summed E-state index contributed by atoms with van der Waals surface area (Å²) < 4.78 is 38.4. The maximum atomic E-state index is 12.8. The molecule has 0 bridgehead atoms. The van der Waals surface area contributed by atoms with Crippen LogP contribution in [0.15, 0.2) is 65.5 Å². The van der Waals surface area contributed by atoms with Crippen molar-refractivity contribution >= 4 is 11.5 Å². The molecule has 0 radical (unpaired) electrons. The van der Waals surface area contributed by atoms with E-state index in [-0.39, 0.29) is 11.5 Å². The van der Waals surface area contributed by atoms with Crippen LogP contribution in [0.5, 0.6) is 0 Å². The van der Waals surface area contributed by atoms with Gasteiger partial charge in [0.2, 0.25) is 0 Å². The van der Waals surface area contributed by atoms with E-state index >= 15 is 0 Å². The molecule has 2 aromatic carbocycles. The highest BCUT2D eigenvalue weighted by Crippen LogP contribution is 2.32. The third-order valence-electron chi connectivity index (χ3n) is 3.35. The number of benzene rings is 2. The molecule has 0 spiro atoms. The summed E-state index contributed by atoms with van der Waals surface area (Å²) in [4.78, 5) is 11.6. The monoisotopic (exact) mass is 331 g/mol. The van der Waals surface area contributed by atoms with Gasteiger partial charge in [-0.15, -0.1) is 0 Å². The quantitative estimate of drug-likeness (QED) is 0.756. The van der Waals surface area contributed by atoms with Gasteiger partial charge in [0.15, 0.2) is 5.82 Å². The fraction of sp³-hybridized carbons (Fsp3) is 0.0588. The summed E-state index contributed by atoms with van der Waals surface area (Å²) in [5.74, 6) is 0.264. The summed E-state index contributed by atoms with van der Waals surface area (Å²) >= 11 is 0. The number of hydrogen-bond acceptors (Lipinski definition) is 3. The molecule has 122 valence electrons. The van der Waals surface area contributed by atoms with Crippen LogP contribution in [-0.2, 0) is 6.18 Å². The number of H-pyrrole nitrogens is 1. The number of anilines is 2. The number of aromatic nitrogens is 2. The average Bonchev–Trinajstić information content (AvgIpc) is 2.57. The Morgan fingerprint density at radius 2 is 1.71 bits per heavy atom. The Bertz CT molecular complexity index is 905. The Morgan fingerprint density at radius 1 is 0.958 bits per heavy atom. The van der Waals surface area contributed by atoms with E-state index in [2.05, 4.69) is 15.5 Å². The standard InChI is InChI=1S/C17H12F3N3O/c18-17(19,20)12-7-4-8-13(9-12)21-16-14(10-15(24)22-23-16)11-5-2-1-3-6-11/h1-10H,(H,21,23)(H,22,24). The first-order valence-electron chi connectivity index (χ1n) is 7.03.